The van der Waals surface area contributed by atoms with E-state index in [1.54, 1.807) is 0 Å². The van der Waals surface area contributed by atoms with Gasteiger partial charge in [0.2, 0.25) is 10.0 Å². The second-order valence-electron chi connectivity index (χ2n) is 4.90. The summed E-state index contributed by atoms with van der Waals surface area (Å²) in [5.41, 5.74) is 0.313. The number of nitrogens with zero attached hydrogens (tertiary/aromatic N) is 1. The van der Waals surface area contributed by atoms with Gasteiger partial charge in [-0.1, -0.05) is 31.1 Å². The molecule has 1 aliphatic carbocycles. The quantitative estimate of drug-likeness (QED) is 0.877. The number of thiazole rings is 1. The fraction of sp³-hybridized carbons (Fsp3) is 0.700. The zero-order chi connectivity index (χ0) is 12.5. The molecule has 0 spiro atoms. The van der Waals surface area contributed by atoms with Crippen molar-refractivity contribution in [3.63, 3.8) is 0 Å². The first-order chi connectivity index (χ1) is 7.89. The molecule has 0 saturated heterocycles. The van der Waals surface area contributed by atoms with E-state index in [9.17, 15) is 8.42 Å². The lowest BCUT2D eigenvalue weighted by Gasteiger charge is -2.23. The summed E-state index contributed by atoms with van der Waals surface area (Å²) in [7, 11) is -3.62. The third-order valence-electron chi connectivity index (χ3n) is 3.24. The summed E-state index contributed by atoms with van der Waals surface area (Å²) in [6.07, 6.45) is 6.29. The van der Waals surface area contributed by atoms with Crippen LogP contribution < -0.4 is 10.5 Å². The lowest BCUT2D eigenvalue weighted by Crippen LogP contribution is -2.22. The minimum Gasteiger partial charge on any atom is -0.361 e. The van der Waals surface area contributed by atoms with Crippen LogP contribution in [0.4, 0.5) is 5.13 Å². The number of aromatic nitrogens is 1. The highest BCUT2D eigenvalue weighted by Crippen LogP contribution is 2.37. The van der Waals surface area contributed by atoms with E-state index < -0.39 is 10.0 Å². The Kier molecular flexibility index (Phi) is 3.42. The summed E-state index contributed by atoms with van der Waals surface area (Å²) >= 11 is 1.09. The second kappa shape index (κ2) is 4.55. The van der Waals surface area contributed by atoms with Gasteiger partial charge in [0.05, 0.1) is 6.20 Å². The lowest BCUT2D eigenvalue weighted by molar-refractivity contribution is 0.362. The molecule has 96 valence electrons. The molecule has 1 fully saturated rings. The van der Waals surface area contributed by atoms with Crippen LogP contribution in [0.5, 0.6) is 0 Å². The van der Waals surface area contributed by atoms with Gasteiger partial charge in [-0.15, -0.1) is 0 Å². The van der Waals surface area contributed by atoms with E-state index in [4.69, 9.17) is 5.14 Å². The van der Waals surface area contributed by atoms with Gasteiger partial charge in [0.1, 0.15) is 0 Å². The van der Waals surface area contributed by atoms with Crippen molar-refractivity contribution in [2.24, 2.45) is 10.6 Å². The van der Waals surface area contributed by atoms with Crippen molar-refractivity contribution in [3.8, 4) is 0 Å². The van der Waals surface area contributed by atoms with Crippen molar-refractivity contribution in [2.45, 2.75) is 36.8 Å². The van der Waals surface area contributed by atoms with Crippen molar-refractivity contribution in [2.75, 3.05) is 11.9 Å². The van der Waals surface area contributed by atoms with Crippen LogP contribution in [0, 0.1) is 5.41 Å². The highest BCUT2D eigenvalue weighted by atomic mass is 32.2. The molecule has 2 rings (SSSR count). The number of hydrogen-bond acceptors (Lipinski definition) is 5. The molecule has 3 N–H and O–H groups in total. The number of nitrogens with two attached hydrogens (primary N) is 1. The van der Waals surface area contributed by atoms with E-state index in [0.29, 0.717) is 10.5 Å². The number of nitrogens with one attached hydrogen (secondary N) is 1. The number of anilines is 1. The predicted octanol–water partition coefficient (Wildman–Crippen LogP) is 1.78. The molecule has 0 atom stereocenters. The highest BCUT2D eigenvalue weighted by molar-refractivity contribution is 7.91. The SMILES string of the molecule is CC1(CNc2ncc(S(N)(=O)=O)s2)CCCC1. The van der Waals surface area contributed by atoms with E-state index in [1.165, 1.54) is 31.9 Å². The molecule has 0 unspecified atom stereocenters. The monoisotopic (exact) mass is 275 g/mol. The van der Waals surface area contributed by atoms with Gasteiger partial charge in [0.25, 0.3) is 0 Å². The average molecular weight is 275 g/mol. The topological polar surface area (TPSA) is 85.1 Å². The van der Waals surface area contributed by atoms with Crippen LogP contribution in [0.3, 0.4) is 0 Å². The summed E-state index contributed by atoms with van der Waals surface area (Å²) in [4.78, 5) is 4.02. The Hall–Kier alpha value is -0.660. The van der Waals surface area contributed by atoms with Crippen molar-refractivity contribution in [1.29, 1.82) is 0 Å². The van der Waals surface area contributed by atoms with Crippen LogP contribution in [0.2, 0.25) is 0 Å². The molecule has 1 saturated carbocycles. The summed E-state index contributed by atoms with van der Waals surface area (Å²) < 4.78 is 22.3. The largest absolute Gasteiger partial charge is 0.361 e. The number of primary sulfonamides is 1. The first-order valence-electron chi connectivity index (χ1n) is 5.62. The Labute approximate surface area is 105 Å². The van der Waals surface area contributed by atoms with Crippen LogP contribution >= 0.6 is 11.3 Å². The standard InChI is InChI=1S/C10H17N3O2S2/c1-10(4-2-3-5-10)7-13-9-12-6-8(16-9)17(11,14)15/h6H,2-5,7H2,1H3,(H,12,13)(H2,11,14,15). The lowest BCUT2D eigenvalue weighted by atomic mass is 9.89. The van der Waals surface area contributed by atoms with Crippen LogP contribution in [-0.4, -0.2) is 19.9 Å². The van der Waals surface area contributed by atoms with Crippen LogP contribution in [0.15, 0.2) is 10.4 Å². The fourth-order valence-electron chi connectivity index (χ4n) is 2.17. The molecular weight excluding hydrogens is 258 g/mol. The number of rotatable bonds is 4. The van der Waals surface area contributed by atoms with Gasteiger partial charge in [0.15, 0.2) is 9.34 Å². The molecule has 5 nitrogen and oxygen atoms in total. The Morgan fingerprint density at radius 3 is 2.71 bits per heavy atom. The molecular formula is C10H17N3O2S2. The van der Waals surface area contributed by atoms with Crippen molar-refractivity contribution in [3.05, 3.63) is 6.20 Å². The molecule has 1 aromatic heterocycles. The molecule has 1 heterocycles. The van der Waals surface area contributed by atoms with Gasteiger partial charge in [-0.05, 0) is 18.3 Å². The van der Waals surface area contributed by atoms with E-state index in [0.717, 1.165) is 17.9 Å². The van der Waals surface area contributed by atoms with Crippen molar-refractivity contribution >= 4 is 26.5 Å². The Morgan fingerprint density at radius 1 is 1.53 bits per heavy atom. The summed E-state index contributed by atoms with van der Waals surface area (Å²) in [5.74, 6) is 0. The maximum absolute atomic E-state index is 11.1. The molecule has 0 amide bonds. The van der Waals surface area contributed by atoms with Gasteiger partial charge in [0, 0.05) is 6.54 Å². The molecule has 0 radical (unpaired) electrons. The van der Waals surface area contributed by atoms with Gasteiger partial charge in [-0.3, -0.25) is 0 Å². The molecule has 1 aliphatic rings. The molecule has 0 aromatic carbocycles. The fourth-order valence-corrected chi connectivity index (χ4v) is 3.61. The molecule has 0 bridgehead atoms. The Balaban J connectivity index is 1.98. The maximum Gasteiger partial charge on any atom is 0.249 e. The molecule has 1 aromatic rings. The smallest absolute Gasteiger partial charge is 0.249 e. The van der Waals surface area contributed by atoms with Crippen molar-refractivity contribution < 1.29 is 8.42 Å². The third kappa shape index (κ3) is 3.17. The van der Waals surface area contributed by atoms with E-state index in [-0.39, 0.29) is 4.21 Å². The number of hydrogen-bond donors (Lipinski definition) is 2. The average Bonchev–Trinajstić information content (AvgIpc) is 2.83. The van der Waals surface area contributed by atoms with Crippen LogP contribution in [0.25, 0.3) is 0 Å². The first-order valence-corrected chi connectivity index (χ1v) is 7.98. The molecule has 7 heteroatoms. The Morgan fingerprint density at radius 2 is 2.18 bits per heavy atom. The van der Waals surface area contributed by atoms with Gasteiger partial charge in [-0.25, -0.2) is 18.5 Å². The summed E-state index contributed by atoms with van der Waals surface area (Å²) in [6.45, 7) is 3.09. The normalized spacial score (nSPS) is 19.4. The van der Waals surface area contributed by atoms with Gasteiger partial charge < -0.3 is 5.32 Å². The zero-order valence-electron chi connectivity index (χ0n) is 9.77. The summed E-state index contributed by atoms with van der Waals surface area (Å²) in [6, 6.07) is 0. The minimum absolute atomic E-state index is 0.108. The third-order valence-corrected chi connectivity index (χ3v) is 5.60. The molecule has 0 aliphatic heterocycles. The summed E-state index contributed by atoms with van der Waals surface area (Å²) in [5, 5.41) is 8.86. The van der Waals surface area contributed by atoms with E-state index in [1.807, 2.05) is 0 Å². The predicted molar refractivity (Wildman–Crippen MR) is 68.6 cm³/mol. The zero-order valence-corrected chi connectivity index (χ0v) is 11.4. The van der Waals surface area contributed by atoms with Gasteiger partial charge >= 0.3 is 0 Å². The maximum atomic E-state index is 11.1. The number of sulfonamides is 1. The Bertz CT molecular complexity index is 489. The van der Waals surface area contributed by atoms with Crippen LogP contribution in [0.1, 0.15) is 32.6 Å². The van der Waals surface area contributed by atoms with Crippen LogP contribution in [-0.2, 0) is 10.0 Å². The highest BCUT2D eigenvalue weighted by Gasteiger charge is 2.28. The first kappa shape index (κ1) is 12.8. The van der Waals surface area contributed by atoms with E-state index >= 15 is 0 Å². The minimum atomic E-state index is -3.62. The van der Waals surface area contributed by atoms with Gasteiger partial charge in [-0.2, -0.15) is 0 Å². The second-order valence-corrected chi connectivity index (χ2v) is 7.72. The van der Waals surface area contributed by atoms with E-state index in [2.05, 4.69) is 17.2 Å². The molecule has 17 heavy (non-hydrogen) atoms. The van der Waals surface area contributed by atoms with Crippen molar-refractivity contribution in [1.82, 2.24) is 4.98 Å².